The van der Waals surface area contributed by atoms with Crippen molar-refractivity contribution in [3.63, 3.8) is 0 Å². The van der Waals surface area contributed by atoms with Crippen LogP contribution >= 0.6 is 0 Å². The quantitative estimate of drug-likeness (QED) is 0.792. The number of aromatic nitrogens is 1. The normalized spacial score (nSPS) is 19.2. The van der Waals surface area contributed by atoms with Gasteiger partial charge in [0.25, 0.3) is 5.91 Å². The predicted octanol–water partition coefficient (Wildman–Crippen LogP) is 3.90. The first-order chi connectivity index (χ1) is 14.0. The van der Waals surface area contributed by atoms with Crippen LogP contribution in [0.3, 0.4) is 0 Å². The Hall–Kier alpha value is -2.81. The van der Waals surface area contributed by atoms with Crippen LogP contribution in [0.15, 0.2) is 22.8 Å². The molecule has 4 rings (SSSR count). The van der Waals surface area contributed by atoms with Crippen LogP contribution in [0.1, 0.15) is 72.5 Å². The minimum atomic E-state index is -0.0797. The number of piperazine rings is 1. The molecule has 1 aliphatic heterocycles. The first kappa shape index (κ1) is 19.5. The summed E-state index contributed by atoms with van der Waals surface area (Å²) in [5.41, 5.74) is 4.37. The molecule has 1 unspecified atom stereocenters. The third-order valence-corrected chi connectivity index (χ3v) is 6.11. The van der Waals surface area contributed by atoms with E-state index in [0.29, 0.717) is 31.3 Å². The Kier molecular flexibility index (Phi) is 5.31. The van der Waals surface area contributed by atoms with E-state index in [1.165, 1.54) is 23.8 Å². The number of rotatable bonds is 3. The van der Waals surface area contributed by atoms with Crippen LogP contribution in [-0.2, 0) is 12.8 Å². The summed E-state index contributed by atoms with van der Waals surface area (Å²) in [4.78, 5) is 21.8. The van der Waals surface area contributed by atoms with Crippen molar-refractivity contribution in [1.29, 1.82) is 5.26 Å². The van der Waals surface area contributed by atoms with E-state index >= 15 is 0 Å². The molecule has 6 heteroatoms. The molecule has 1 aliphatic carbocycles. The summed E-state index contributed by atoms with van der Waals surface area (Å²) in [5, 5.41) is 9.97. The average molecular weight is 393 g/mol. The number of nitriles is 1. The van der Waals surface area contributed by atoms with Gasteiger partial charge in [-0.3, -0.25) is 4.79 Å². The minimum absolute atomic E-state index is 0.00762. The number of pyridine rings is 1. The van der Waals surface area contributed by atoms with Gasteiger partial charge in [-0.1, -0.05) is 13.8 Å². The fourth-order valence-electron chi connectivity index (χ4n) is 4.65. The van der Waals surface area contributed by atoms with Crippen LogP contribution in [0.5, 0.6) is 0 Å². The van der Waals surface area contributed by atoms with Crippen molar-refractivity contribution in [2.45, 2.75) is 58.4 Å². The molecular weight excluding hydrogens is 364 g/mol. The smallest absolute Gasteiger partial charge is 0.289 e. The molecule has 29 heavy (non-hydrogen) atoms. The van der Waals surface area contributed by atoms with Crippen LogP contribution in [0.25, 0.3) is 0 Å². The van der Waals surface area contributed by atoms with Crippen molar-refractivity contribution in [2.24, 2.45) is 0 Å². The second-order valence-electron chi connectivity index (χ2n) is 8.40. The largest absolute Gasteiger partial charge is 0.459 e. The first-order valence-electron chi connectivity index (χ1n) is 10.6. The van der Waals surface area contributed by atoms with Gasteiger partial charge in [0.2, 0.25) is 0 Å². The lowest BCUT2D eigenvalue weighted by Crippen LogP contribution is -2.54. The Bertz CT molecular complexity index is 943. The van der Waals surface area contributed by atoms with E-state index in [2.05, 4.69) is 24.8 Å². The highest BCUT2D eigenvalue weighted by atomic mass is 16.3. The van der Waals surface area contributed by atoms with Crippen LogP contribution in [0.4, 0.5) is 5.82 Å². The Balaban J connectivity index is 1.65. The van der Waals surface area contributed by atoms with Gasteiger partial charge in [-0.05, 0) is 61.8 Å². The fourth-order valence-corrected chi connectivity index (χ4v) is 4.65. The molecule has 0 saturated carbocycles. The van der Waals surface area contributed by atoms with Crippen LogP contribution < -0.4 is 4.90 Å². The van der Waals surface area contributed by atoms with Gasteiger partial charge >= 0.3 is 0 Å². The topological polar surface area (TPSA) is 73.4 Å². The molecule has 1 atom stereocenters. The summed E-state index contributed by atoms with van der Waals surface area (Å²) < 4.78 is 5.29. The zero-order valence-corrected chi connectivity index (χ0v) is 17.4. The number of anilines is 1. The number of hydrogen-bond acceptors (Lipinski definition) is 5. The molecule has 1 amide bonds. The SMILES string of the molecule is CC(C)c1nc(N2CCN(C(=O)c3ccco3)C(C)C2)c(C#N)c2c1CCCC2. The van der Waals surface area contributed by atoms with E-state index in [1.807, 2.05) is 11.8 Å². The number of hydrogen-bond donors (Lipinski definition) is 0. The maximum atomic E-state index is 12.7. The standard InChI is InChI=1S/C23H28N4O2/c1-15(2)21-18-8-5-4-7-17(18)19(13-24)22(25-21)26-10-11-27(16(3)14-26)23(28)20-9-6-12-29-20/h6,9,12,15-16H,4-5,7-8,10-11,14H2,1-3H3. The van der Waals surface area contributed by atoms with Crippen LogP contribution in [-0.4, -0.2) is 41.5 Å². The van der Waals surface area contributed by atoms with Crippen molar-refractivity contribution in [1.82, 2.24) is 9.88 Å². The Morgan fingerprint density at radius 3 is 2.66 bits per heavy atom. The molecule has 6 nitrogen and oxygen atoms in total. The van der Waals surface area contributed by atoms with Crippen LogP contribution in [0, 0.1) is 11.3 Å². The molecule has 152 valence electrons. The maximum absolute atomic E-state index is 12.7. The fraction of sp³-hybridized carbons (Fsp3) is 0.522. The van der Waals surface area contributed by atoms with Crippen molar-refractivity contribution >= 4 is 11.7 Å². The molecule has 3 heterocycles. The summed E-state index contributed by atoms with van der Waals surface area (Å²) in [6, 6.07) is 5.90. The lowest BCUT2D eigenvalue weighted by atomic mass is 9.85. The Morgan fingerprint density at radius 1 is 1.28 bits per heavy atom. The summed E-state index contributed by atoms with van der Waals surface area (Å²) in [6.45, 7) is 8.30. The van der Waals surface area contributed by atoms with Crippen molar-refractivity contribution in [3.8, 4) is 6.07 Å². The number of nitrogens with zero attached hydrogens (tertiary/aromatic N) is 4. The average Bonchev–Trinajstić information content (AvgIpc) is 3.26. The van der Waals surface area contributed by atoms with Gasteiger partial charge in [0.1, 0.15) is 11.9 Å². The lowest BCUT2D eigenvalue weighted by Gasteiger charge is -2.41. The predicted molar refractivity (Wildman–Crippen MR) is 111 cm³/mol. The third-order valence-electron chi connectivity index (χ3n) is 6.11. The van der Waals surface area contributed by atoms with Gasteiger partial charge in [0, 0.05) is 31.4 Å². The molecular formula is C23H28N4O2. The summed E-state index contributed by atoms with van der Waals surface area (Å²) in [6.07, 6.45) is 5.80. The van der Waals surface area contributed by atoms with Crippen molar-refractivity contribution in [2.75, 3.05) is 24.5 Å². The monoisotopic (exact) mass is 392 g/mol. The van der Waals surface area contributed by atoms with Crippen LogP contribution in [0.2, 0.25) is 0 Å². The van der Waals surface area contributed by atoms with Crippen molar-refractivity contribution in [3.05, 3.63) is 46.5 Å². The molecule has 1 fully saturated rings. The van der Waals surface area contributed by atoms with Gasteiger partial charge < -0.3 is 14.2 Å². The summed E-state index contributed by atoms with van der Waals surface area (Å²) in [7, 11) is 0. The molecule has 0 bridgehead atoms. The molecule has 0 aromatic carbocycles. The van der Waals surface area contributed by atoms with E-state index in [-0.39, 0.29) is 11.9 Å². The van der Waals surface area contributed by atoms with Crippen molar-refractivity contribution < 1.29 is 9.21 Å². The highest BCUT2D eigenvalue weighted by Crippen LogP contribution is 2.35. The highest BCUT2D eigenvalue weighted by molar-refractivity contribution is 5.91. The molecule has 2 aromatic rings. The zero-order chi connectivity index (χ0) is 20.5. The number of carbonyl (C=O) groups excluding carboxylic acids is 1. The molecule has 0 spiro atoms. The first-order valence-corrected chi connectivity index (χ1v) is 10.6. The van der Waals surface area contributed by atoms with Gasteiger partial charge in [-0.2, -0.15) is 5.26 Å². The van der Waals surface area contributed by atoms with Gasteiger partial charge in [0.05, 0.1) is 11.8 Å². The highest BCUT2D eigenvalue weighted by Gasteiger charge is 2.32. The van der Waals surface area contributed by atoms with Gasteiger partial charge in [-0.15, -0.1) is 0 Å². The number of carbonyl (C=O) groups is 1. The molecule has 2 aromatic heterocycles. The second-order valence-corrected chi connectivity index (χ2v) is 8.40. The minimum Gasteiger partial charge on any atom is -0.459 e. The van der Waals surface area contributed by atoms with E-state index in [4.69, 9.17) is 9.40 Å². The molecule has 2 aliphatic rings. The molecule has 0 N–H and O–H groups in total. The van der Waals surface area contributed by atoms with E-state index in [1.54, 1.807) is 12.1 Å². The molecule has 1 saturated heterocycles. The third kappa shape index (κ3) is 3.50. The zero-order valence-electron chi connectivity index (χ0n) is 17.4. The van der Waals surface area contributed by atoms with E-state index in [0.717, 1.165) is 36.3 Å². The summed E-state index contributed by atoms with van der Waals surface area (Å²) in [5.74, 6) is 1.42. The summed E-state index contributed by atoms with van der Waals surface area (Å²) >= 11 is 0. The second kappa shape index (κ2) is 7.90. The number of furan rings is 1. The Morgan fingerprint density at radius 2 is 2.03 bits per heavy atom. The Labute approximate surface area is 172 Å². The number of amides is 1. The number of fused-ring (bicyclic) bond motifs is 1. The maximum Gasteiger partial charge on any atom is 0.289 e. The van der Waals surface area contributed by atoms with Gasteiger partial charge in [-0.25, -0.2) is 4.98 Å². The lowest BCUT2D eigenvalue weighted by molar-refractivity contribution is 0.0641. The van der Waals surface area contributed by atoms with E-state index < -0.39 is 0 Å². The van der Waals surface area contributed by atoms with Gasteiger partial charge in [0.15, 0.2) is 5.76 Å². The van der Waals surface area contributed by atoms with E-state index in [9.17, 15) is 10.1 Å². The molecule has 0 radical (unpaired) electrons.